The molecule has 118 heavy (non-hydrogen) atoms. The molecule has 0 spiro atoms. The van der Waals surface area contributed by atoms with Gasteiger partial charge in [-0.25, -0.2) is 14.4 Å². The van der Waals surface area contributed by atoms with Crippen molar-refractivity contribution in [1.29, 1.82) is 0 Å². The van der Waals surface area contributed by atoms with E-state index in [-0.39, 0.29) is 112 Å². The van der Waals surface area contributed by atoms with Gasteiger partial charge in [-0.15, -0.1) is 6.42 Å². The number of ether oxygens (including phenoxy) is 11. The fourth-order valence-electron chi connectivity index (χ4n) is 16.7. The van der Waals surface area contributed by atoms with Gasteiger partial charge in [0.05, 0.1) is 80.9 Å². The summed E-state index contributed by atoms with van der Waals surface area (Å²) in [5.74, 6) is 6.04. The van der Waals surface area contributed by atoms with E-state index in [4.69, 9.17) is 70.7 Å². The number of hydrogen-bond donors (Lipinski definition) is 11. The molecular weight excluding hydrogens is 1520 g/mol. The number of ketones is 1. The third kappa shape index (κ3) is 13.0. The maximum Gasteiger partial charge on any atom is 0.339 e. The topological polar surface area (TPSA) is 399 Å². The van der Waals surface area contributed by atoms with Crippen molar-refractivity contribution in [2.75, 3.05) is 43.5 Å². The standard InChI is InChI=1S/C24H21NO6.C23H17NO6.C23H16O6.C21H17NO6/c1-12(28)25-24-16-3-4-19(29)23(16)22(13-2-5-20-21(8-13)31-11-30-20)17-6-14(9-26)15(10-27)7-18(17)24;1-2-24-22-16-6-14(9-26)13(8-25)5-15(16)20(21-17(22)10-28-23(21)27)12-3-4-18-19(7-12)30-11-29-18;1-2-15-16-5-13(8-24)14(9-25)6-17(16)21(22-18(15)10-27-23(22)26)12-3-4-19-20(7-12)29-11-28-19;22-20-14-4-12(7-24)11(6-23)3-13(14)18(19-15(20)8-26-21(19)25)10-1-2-16-17(5-10)28-9-27-16/h2,5-8,26-27H,3-4,9-11H2,1H3,(H,25,28);1,3-7,24-26H,8-11H2;1,3-7,24-25H,8-11H2;1-5,23-24H,6-9,22H2. The number of carbonyl (C=O) groups is 5. The zero-order chi connectivity index (χ0) is 82.1. The van der Waals surface area contributed by atoms with Crippen LogP contribution in [0.15, 0.2) is 121 Å². The first-order valence-electron chi connectivity index (χ1n) is 37.3. The minimum Gasteiger partial charge on any atom is -0.457 e. The number of hydrogen-bond acceptors (Lipinski definition) is 26. The lowest BCUT2D eigenvalue weighted by Crippen LogP contribution is -2.11. The molecule has 0 radical (unpaired) electrons. The summed E-state index contributed by atoms with van der Waals surface area (Å²) < 4.78 is 59.6. The first-order chi connectivity index (χ1) is 57.4. The molecule has 0 saturated heterocycles. The van der Waals surface area contributed by atoms with Crippen molar-refractivity contribution in [3.05, 3.63) is 216 Å². The number of fused-ring (bicyclic) bond motifs is 12. The minimum atomic E-state index is -0.448. The zero-order valence-electron chi connectivity index (χ0n) is 62.9. The van der Waals surface area contributed by atoms with Crippen molar-refractivity contribution < 1.29 is 117 Å². The molecule has 7 heterocycles. The smallest absolute Gasteiger partial charge is 0.339 e. The second-order valence-electron chi connectivity index (χ2n) is 28.4. The molecule has 1 amide bonds. The van der Waals surface area contributed by atoms with Crippen LogP contribution in [-0.4, -0.2) is 97.6 Å². The van der Waals surface area contributed by atoms with E-state index in [2.05, 4.69) is 22.6 Å². The molecule has 0 bridgehead atoms. The number of benzene rings is 12. The number of nitrogens with one attached hydrogen (secondary N) is 2. The van der Waals surface area contributed by atoms with Crippen molar-refractivity contribution in [2.24, 2.45) is 0 Å². The number of cyclic esters (lactones) is 3. The highest BCUT2D eigenvalue weighted by Crippen LogP contribution is 2.52. The van der Waals surface area contributed by atoms with Crippen molar-refractivity contribution in [3.63, 3.8) is 0 Å². The van der Waals surface area contributed by atoms with Crippen LogP contribution in [0.1, 0.15) is 127 Å². The molecule has 12 aromatic rings. The maximum absolute atomic E-state index is 13.0. The normalized spacial score (nSPS) is 14.1. The van der Waals surface area contributed by atoms with Crippen LogP contribution in [0.2, 0.25) is 0 Å². The Morgan fingerprint density at radius 3 is 1.05 bits per heavy atom. The molecule has 0 unspecified atom stereocenters. The third-order valence-electron chi connectivity index (χ3n) is 22.2. The van der Waals surface area contributed by atoms with Crippen molar-refractivity contribution in [1.82, 2.24) is 0 Å². The molecule has 12 N–H and O–H groups in total. The van der Waals surface area contributed by atoms with E-state index >= 15 is 0 Å². The number of terminal acetylenes is 2. The lowest BCUT2D eigenvalue weighted by molar-refractivity contribution is -0.114. The molecule has 27 nitrogen and oxygen atoms in total. The Kier molecular flexibility index (Phi) is 20.3. The molecule has 12 aromatic carbocycles. The number of carbonyl (C=O) groups excluding carboxylic acids is 5. The Morgan fingerprint density at radius 2 is 0.669 bits per heavy atom. The quantitative estimate of drug-likeness (QED) is 0.0158. The number of nitrogens with two attached hydrogens (primary N) is 1. The summed E-state index contributed by atoms with van der Waals surface area (Å²) in [7, 11) is 0. The number of rotatable bonds is 14. The van der Waals surface area contributed by atoms with Gasteiger partial charge in [0.1, 0.15) is 19.8 Å². The van der Waals surface area contributed by atoms with Gasteiger partial charge in [-0.05, 0) is 203 Å². The van der Waals surface area contributed by atoms with E-state index in [1.807, 2.05) is 54.6 Å². The lowest BCUT2D eigenvalue weighted by atomic mass is 9.85. The molecule has 0 atom stereocenters. The number of nitrogen functional groups attached to an aromatic ring is 1. The van der Waals surface area contributed by atoms with E-state index in [0.717, 1.165) is 54.9 Å². The fourth-order valence-corrected chi connectivity index (χ4v) is 16.7. The first-order valence-corrected chi connectivity index (χ1v) is 37.3. The van der Waals surface area contributed by atoms with Crippen molar-refractivity contribution >= 4 is 89.8 Å². The number of esters is 3. The molecular formula is C91H71N3O24. The molecule has 594 valence electrons. The van der Waals surface area contributed by atoms with Crippen LogP contribution in [0.5, 0.6) is 46.0 Å². The van der Waals surface area contributed by atoms with Crippen molar-refractivity contribution in [2.45, 2.75) is 92.4 Å². The largest absolute Gasteiger partial charge is 0.457 e. The minimum absolute atomic E-state index is 0.00736. The predicted molar refractivity (Wildman–Crippen MR) is 429 cm³/mol. The second kappa shape index (κ2) is 31.3. The first kappa shape index (κ1) is 76.6. The van der Waals surface area contributed by atoms with Gasteiger partial charge in [0, 0.05) is 91.3 Å². The molecule has 1 aliphatic carbocycles. The fraction of sp³-hybridized carbons (Fsp3) is 0.198. The lowest BCUT2D eigenvalue weighted by Gasteiger charge is -2.20. The van der Waals surface area contributed by atoms with Gasteiger partial charge in [0.2, 0.25) is 33.1 Å². The predicted octanol–water partition coefficient (Wildman–Crippen LogP) is 11.5. The summed E-state index contributed by atoms with van der Waals surface area (Å²) >= 11 is 0. The Labute approximate surface area is 670 Å². The number of Topliss-reactive ketones (excluding diaryl/α,β-unsaturated/α-hetero) is 1. The molecule has 0 fully saturated rings. The summed E-state index contributed by atoms with van der Waals surface area (Å²) in [5, 5.41) is 89.7. The Hall–Kier alpha value is -14.0. The Morgan fingerprint density at radius 1 is 0.356 bits per heavy atom. The summed E-state index contributed by atoms with van der Waals surface area (Å²) in [6.45, 7) is 0.323. The van der Waals surface area contributed by atoms with Crippen LogP contribution in [0.25, 0.3) is 87.6 Å². The highest BCUT2D eigenvalue weighted by molar-refractivity contribution is 6.21. The van der Waals surface area contributed by atoms with Gasteiger partial charge < -0.3 is 109 Å². The van der Waals surface area contributed by atoms with Gasteiger partial charge in [0.25, 0.3) is 0 Å². The average Bonchev–Trinajstić information content (AvgIpc) is 1.45. The van der Waals surface area contributed by atoms with Gasteiger partial charge in [-0.2, -0.15) is 0 Å². The Balaban J connectivity index is 0.000000113. The number of aliphatic hydroxyl groups excluding tert-OH is 8. The van der Waals surface area contributed by atoms with Gasteiger partial charge >= 0.3 is 17.9 Å². The summed E-state index contributed by atoms with van der Waals surface area (Å²) in [5.41, 5.74) is 23.4. The van der Waals surface area contributed by atoms with Gasteiger partial charge in [0.15, 0.2) is 51.8 Å². The summed E-state index contributed by atoms with van der Waals surface area (Å²) in [6, 6.07) is 38.5. The average molecular weight is 1590 g/mol. The molecule has 0 saturated carbocycles. The van der Waals surface area contributed by atoms with Crippen LogP contribution < -0.4 is 54.3 Å². The third-order valence-corrected chi connectivity index (χ3v) is 22.2. The molecule has 7 aliphatic heterocycles. The summed E-state index contributed by atoms with van der Waals surface area (Å²) in [4.78, 5) is 62.9. The number of anilines is 3. The van der Waals surface area contributed by atoms with Crippen LogP contribution in [0.3, 0.4) is 0 Å². The van der Waals surface area contributed by atoms with Gasteiger partial charge in [-0.1, -0.05) is 36.6 Å². The Bertz CT molecular complexity index is 6450. The number of aliphatic hydroxyl groups is 8. The maximum atomic E-state index is 13.0. The number of amides is 1. The van der Waals surface area contributed by atoms with E-state index in [9.17, 15) is 64.8 Å². The van der Waals surface area contributed by atoms with E-state index in [1.165, 1.54) is 6.92 Å². The molecule has 27 heteroatoms. The molecule has 8 aliphatic rings. The highest BCUT2D eigenvalue weighted by atomic mass is 16.7. The monoisotopic (exact) mass is 1590 g/mol. The van der Waals surface area contributed by atoms with Crippen LogP contribution >= 0.6 is 0 Å². The second-order valence-corrected chi connectivity index (χ2v) is 28.4. The van der Waals surface area contributed by atoms with E-state index < -0.39 is 17.9 Å². The molecule has 0 aromatic heterocycles. The van der Waals surface area contributed by atoms with Crippen molar-refractivity contribution in [3.8, 4) is 115 Å². The van der Waals surface area contributed by atoms with Gasteiger partial charge in [-0.3, -0.25) is 9.59 Å². The van der Waals surface area contributed by atoms with E-state index in [0.29, 0.717) is 203 Å². The highest BCUT2D eigenvalue weighted by Gasteiger charge is 2.38. The SMILES string of the molecule is C#CNc1c2c(c(-c3ccc4c(c3)OCO4)c3cc(CO)c(CO)cc13)C(=O)OC2.C#Cc1c2c(c(-c3ccc4c(c3)OCO4)c3cc(CO)c(CO)cc13)C(=O)OC2.CC(=O)Nc1c2c(c(-c3ccc4c(c3)OCO4)c3cc(CO)c(CO)cc13)C(=O)CC2.Nc1c2c(c(-c3ccc4c(c3)OCO4)c3cc(CO)c(CO)cc13)C(=O)OC2. The van der Waals surface area contributed by atoms with E-state index in [1.54, 1.807) is 66.7 Å². The molecule has 20 rings (SSSR count). The van der Waals surface area contributed by atoms with Crippen LogP contribution in [0, 0.1) is 24.8 Å². The zero-order valence-corrected chi connectivity index (χ0v) is 62.9. The van der Waals surface area contributed by atoms with Crippen LogP contribution in [-0.2, 0) is 98.1 Å². The summed E-state index contributed by atoms with van der Waals surface area (Å²) in [6.07, 6.45) is 12.2. The van der Waals surface area contributed by atoms with Crippen LogP contribution in [0.4, 0.5) is 17.1 Å².